The second-order valence-electron chi connectivity index (χ2n) is 5.11. The summed E-state index contributed by atoms with van der Waals surface area (Å²) in [6.07, 6.45) is 6.46. The number of anilines is 3. The monoisotopic (exact) mass is 265 g/mol. The fraction of sp³-hybridized carbons (Fsp3) is 0.692. The molecule has 1 atom stereocenters. The summed E-state index contributed by atoms with van der Waals surface area (Å²) in [6, 6.07) is 0.642. The fourth-order valence-electron chi connectivity index (χ4n) is 2.41. The highest BCUT2D eigenvalue weighted by atomic mass is 16.5. The van der Waals surface area contributed by atoms with Crippen LogP contribution < -0.4 is 16.4 Å². The lowest BCUT2D eigenvalue weighted by Crippen LogP contribution is -2.23. The molecule has 1 aliphatic rings. The Morgan fingerprint density at radius 2 is 2.05 bits per heavy atom. The molecule has 1 aromatic rings. The number of nitrogens with one attached hydrogen (secondary N) is 2. The first-order valence-electron chi connectivity index (χ1n) is 6.83. The molecule has 6 nitrogen and oxygen atoms in total. The minimum Gasteiger partial charge on any atom is -0.393 e. The van der Waals surface area contributed by atoms with E-state index in [4.69, 9.17) is 10.5 Å². The minimum atomic E-state index is 0.154. The number of nitrogens with two attached hydrogens (primary N) is 1. The minimum absolute atomic E-state index is 0.154. The van der Waals surface area contributed by atoms with Crippen LogP contribution in [0.4, 0.5) is 17.3 Å². The number of ether oxygens (including phenoxy) is 1. The molecule has 106 valence electrons. The zero-order valence-corrected chi connectivity index (χ0v) is 11.6. The van der Waals surface area contributed by atoms with E-state index in [0.717, 1.165) is 5.82 Å². The Balaban J connectivity index is 2.04. The van der Waals surface area contributed by atoms with Crippen LogP contribution in [0.2, 0.25) is 0 Å². The van der Waals surface area contributed by atoms with Crippen molar-refractivity contribution in [2.45, 2.75) is 44.7 Å². The smallest absolute Gasteiger partial charge is 0.155 e. The number of methoxy groups -OCH3 is 1. The third-order valence-electron chi connectivity index (χ3n) is 3.38. The summed E-state index contributed by atoms with van der Waals surface area (Å²) < 4.78 is 5.09. The van der Waals surface area contributed by atoms with Crippen LogP contribution in [0.15, 0.2) is 6.33 Å². The number of hydrogen-bond donors (Lipinski definition) is 3. The van der Waals surface area contributed by atoms with Gasteiger partial charge in [0, 0.05) is 19.2 Å². The Morgan fingerprint density at radius 1 is 1.37 bits per heavy atom. The van der Waals surface area contributed by atoms with E-state index in [1.807, 2.05) is 6.92 Å². The SMILES string of the molecule is COCC(C)Nc1ncnc(NC2CCCC2)c1N. The van der Waals surface area contributed by atoms with Gasteiger partial charge in [-0.2, -0.15) is 0 Å². The van der Waals surface area contributed by atoms with Crippen LogP contribution in [-0.2, 0) is 4.74 Å². The van der Waals surface area contributed by atoms with Crippen molar-refractivity contribution < 1.29 is 4.74 Å². The summed E-state index contributed by atoms with van der Waals surface area (Å²) in [5, 5.41) is 6.64. The Kier molecular flexibility index (Phi) is 4.79. The largest absolute Gasteiger partial charge is 0.393 e. The van der Waals surface area contributed by atoms with Crippen molar-refractivity contribution in [3.05, 3.63) is 6.33 Å². The van der Waals surface area contributed by atoms with Crippen molar-refractivity contribution in [2.75, 3.05) is 30.1 Å². The van der Waals surface area contributed by atoms with Crippen LogP contribution in [-0.4, -0.2) is 35.8 Å². The molecule has 1 unspecified atom stereocenters. The second kappa shape index (κ2) is 6.56. The maximum atomic E-state index is 6.12. The van der Waals surface area contributed by atoms with Crippen LogP contribution in [0.1, 0.15) is 32.6 Å². The third-order valence-corrected chi connectivity index (χ3v) is 3.38. The Bertz CT molecular complexity index is 406. The lowest BCUT2D eigenvalue weighted by molar-refractivity contribution is 0.190. The third kappa shape index (κ3) is 3.70. The fourth-order valence-corrected chi connectivity index (χ4v) is 2.41. The van der Waals surface area contributed by atoms with E-state index in [2.05, 4.69) is 20.6 Å². The molecule has 0 amide bonds. The number of hydrogen-bond acceptors (Lipinski definition) is 6. The van der Waals surface area contributed by atoms with Crippen molar-refractivity contribution >= 4 is 17.3 Å². The molecule has 0 radical (unpaired) electrons. The second-order valence-corrected chi connectivity index (χ2v) is 5.11. The normalized spacial score (nSPS) is 17.4. The molecule has 6 heteroatoms. The van der Waals surface area contributed by atoms with Gasteiger partial charge in [-0.1, -0.05) is 12.8 Å². The first-order valence-corrected chi connectivity index (χ1v) is 6.83. The number of aromatic nitrogens is 2. The van der Waals surface area contributed by atoms with Crippen molar-refractivity contribution in [2.24, 2.45) is 0 Å². The van der Waals surface area contributed by atoms with Crippen LogP contribution in [0.5, 0.6) is 0 Å². The molecule has 1 saturated carbocycles. The molecule has 1 fully saturated rings. The highest BCUT2D eigenvalue weighted by Crippen LogP contribution is 2.27. The van der Waals surface area contributed by atoms with Crippen LogP contribution >= 0.6 is 0 Å². The topological polar surface area (TPSA) is 85.1 Å². The van der Waals surface area contributed by atoms with Gasteiger partial charge in [0.15, 0.2) is 11.6 Å². The summed E-state index contributed by atoms with van der Waals surface area (Å²) >= 11 is 0. The summed E-state index contributed by atoms with van der Waals surface area (Å²) in [6.45, 7) is 2.63. The number of nitrogen functional groups attached to an aromatic ring is 1. The van der Waals surface area contributed by atoms with E-state index in [9.17, 15) is 0 Å². The molecule has 0 aromatic carbocycles. The van der Waals surface area contributed by atoms with E-state index in [1.165, 1.54) is 32.0 Å². The first-order chi connectivity index (χ1) is 9.20. The predicted octanol–water partition coefficient (Wildman–Crippen LogP) is 1.86. The van der Waals surface area contributed by atoms with Crippen molar-refractivity contribution in [3.8, 4) is 0 Å². The summed E-state index contributed by atoms with van der Waals surface area (Å²) in [4.78, 5) is 8.43. The van der Waals surface area contributed by atoms with Gasteiger partial charge < -0.3 is 21.1 Å². The van der Waals surface area contributed by atoms with Gasteiger partial charge >= 0.3 is 0 Å². The standard InChI is InChI=1S/C13H23N5O/c1-9(7-19-2)17-12-11(14)13(16-8-15-12)18-10-5-3-4-6-10/h8-10H,3-7,14H2,1-2H3,(H2,15,16,17,18). The van der Waals surface area contributed by atoms with Gasteiger partial charge in [-0.3, -0.25) is 0 Å². The molecule has 0 bridgehead atoms. The Hall–Kier alpha value is -1.56. The highest BCUT2D eigenvalue weighted by Gasteiger charge is 2.17. The molecule has 1 aliphatic carbocycles. The molecular weight excluding hydrogens is 242 g/mol. The molecule has 0 aliphatic heterocycles. The van der Waals surface area contributed by atoms with Crippen molar-refractivity contribution in [3.63, 3.8) is 0 Å². The van der Waals surface area contributed by atoms with Gasteiger partial charge in [0.05, 0.1) is 6.61 Å². The van der Waals surface area contributed by atoms with Crippen molar-refractivity contribution in [1.29, 1.82) is 0 Å². The predicted molar refractivity (Wildman–Crippen MR) is 77.3 cm³/mol. The maximum absolute atomic E-state index is 6.12. The summed E-state index contributed by atoms with van der Waals surface area (Å²) in [5.41, 5.74) is 6.70. The van der Waals surface area contributed by atoms with Crippen molar-refractivity contribution in [1.82, 2.24) is 9.97 Å². The number of rotatable bonds is 6. The molecule has 2 rings (SSSR count). The molecule has 1 heterocycles. The lowest BCUT2D eigenvalue weighted by Gasteiger charge is -2.18. The van der Waals surface area contributed by atoms with Crippen LogP contribution in [0.25, 0.3) is 0 Å². The van der Waals surface area contributed by atoms with E-state index >= 15 is 0 Å². The van der Waals surface area contributed by atoms with Gasteiger partial charge in [0.2, 0.25) is 0 Å². The zero-order chi connectivity index (χ0) is 13.7. The quantitative estimate of drug-likeness (QED) is 0.728. The molecule has 4 N–H and O–H groups in total. The summed E-state index contributed by atoms with van der Waals surface area (Å²) in [7, 11) is 1.68. The van der Waals surface area contributed by atoms with Gasteiger partial charge in [-0.15, -0.1) is 0 Å². The lowest BCUT2D eigenvalue weighted by atomic mass is 10.2. The summed E-state index contributed by atoms with van der Waals surface area (Å²) in [5.74, 6) is 1.40. The van der Waals surface area contributed by atoms with E-state index in [1.54, 1.807) is 7.11 Å². The molecule has 1 aromatic heterocycles. The van der Waals surface area contributed by atoms with Gasteiger partial charge in [0.1, 0.15) is 12.0 Å². The molecule has 0 spiro atoms. The highest BCUT2D eigenvalue weighted by molar-refractivity contribution is 5.74. The average molecular weight is 265 g/mol. The van der Waals surface area contributed by atoms with Crippen LogP contribution in [0, 0.1) is 0 Å². The Morgan fingerprint density at radius 3 is 2.74 bits per heavy atom. The molecule has 0 saturated heterocycles. The average Bonchev–Trinajstić information content (AvgIpc) is 2.87. The van der Waals surface area contributed by atoms with Gasteiger partial charge in [0.25, 0.3) is 0 Å². The molecule has 19 heavy (non-hydrogen) atoms. The van der Waals surface area contributed by atoms with E-state index in [0.29, 0.717) is 24.2 Å². The Labute approximate surface area is 114 Å². The molecular formula is C13H23N5O. The van der Waals surface area contributed by atoms with Crippen LogP contribution in [0.3, 0.4) is 0 Å². The van der Waals surface area contributed by atoms with Gasteiger partial charge in [-0.05, 0) is 19.8 Å². The maximum Gasteiger partial charge on any atom is 0.155 e. The first kappa shape index (κ1) is 13.9. The zero-order valence-electron chi connectivity index (χ0n) is 11.6. The van der Waals surface area contributed by atoms with Gasteiger partial charge in [-0.25, -0.2) is 9.97 Å². The van der Waals surface area contributed by atoms with E-state index in [-0.39, 0.29) is 6.04 Å². The number of nitrogens with zero attached hydrogens (tertiary/aromatic N) is 2. The van der Waals surface area contributed by atoms with E-state index < -0.39 is 0 Å².